The molecule has 0 amide bonds. The summed E-state index contributed by atoms with van der Waals surface area (Å²) in [5.41, 5.74) is 4.71. The summed E-state index contributed by atoms with van der Waals surface area (Å²) in [6.45, 7) is 1.82. The SMILES string of the molecule is Oc1c(Cl)c(N(Cc2ccccc2)Cc2ccccc2)c(O)c(Cl)c1N(Cc1ccccc1)Cc1ccccc1. The standard InChI is InChI=1S/C34H30Cl2N2O2/c35-29-31(37(21-25-13-5-1-6-14-25)22-26-15-7-2-8-16-26)33(39)30(36)32(34(29)40)38(23-27-17-9-3-10-18-27)24-28-19-11-4-12-20-28/h1-20,39-40H,21-24H2. The summed E-state index contributed by atoms with van der Waals surface area (Å²) in [6.07, 6.45) is 0. The van der Waals surface area contributed by atoms with Crippen LogP contribution in [0.1, 0.15) is 22.3 Å². The molecule has 0 aliphatic carbocycles. The van der Waals surface area contributed by atoms with Crippen LogP contribution < -0.4 is 9.80 Å². The number of anilines is 2. The first-order chi connectivity index (χ1) is 19.5. The lowest BCUT2D eigenvalue weighted by Gasteiger charge is -2.32. The summed E-state index contributed by atoms with van der Waals surface area (Å²) >= 11 is 13.8. The smallest absolute Gasteiger partial charge is 0.161 e. The molecule has 40 heavy (non-hydrogen) atoms. The lowest BCUT2D eigenvalue weighted by Crippen LogP contribution is -2.25. The summed E-state index contributed by atoms with van der Waals surface area (Å²) in [7, 11) is 0. The van der Waals surface area contributed by atoms with Crippen LogP contribution in [0.3, 0.4) is 0 Å². The molecule has 5 aromatic rings. The van der Waals surface area contributed by atoms with Crippen molar-refractivity contribution < 1.29 is 10.2 Å². The van der Waals surface area contributed by atoms with Crippen LogP contribution in [-0.4, -0.2) is 10.2 Å². The van der Waals surface area contributed by atoms with E-state index in [1.165, 1.54) is 0 Å². The average molecular weight is 570 g/mol. The van der Waals surface area contributed by atoms with Gasteiger partial charge in [0.1, 0.15) is 21.4 Å². The van der Waals surface area contributed by atoms with Gasteiger partial charge in [0.05, 0.1) is 0 Å². The quantitative estimate of drug-likeness (QED) is 0.165. The van der Waals surface area contributed by atoms with Gasteiger partial charge in [-0.25, -0.2) is 0 Å². The van der Waals surface area contributed by atoms with Crippen LogP contribution in [0.2, 0.25) is 10.0 Å². The van der Waals surface area contributed by atoms with Crippen molar-refractivity contribution in [2.24, 2.45) is 0 Å². The Morgan fingerprint density at radius 1 is 0.400 bits per heavy atom. The summed E-state index contributed by atoms with van der Waals surface area (Å²) in [5, 5.41) is 23.3. The third-order valence-corrected chi connectivity index (χ3v) is 7.49. The zero-order valence-corrected chi connectivity index (χ0v) is 23.4. The van der Waals surface area contributed by atoms with Gasteiger partial charge in [-0.15, -0.1) is 0 Å². The molecule has 0 aliphatic heterocycles. The number of nitrogens with zero attached hydrogens (tertiary/aromatic N) is 2. The molecule has 0 spiro atoms. The van der Waals surface area contributed by atoms with E-state index in [4.69, 9.17) is 23.2 Å². The number of phenols is 2. The van der Waals surface area contributed by atoms with Crippen LogP contribution in [0, 0.1) is 0 Å². The highest BCUT2D eigenvalue weighted by Crippen LogP contribution is 2.54. The molecule has 202 valence electrons. The van der Waals surface area contributed by atoms with Crippen molar-refractivity contribution in [1.29, 1.82) is 0 Å². The van der Waals surface area contributed by atoms with Gasteiger partial charge in [-0.1, -0.05) is 145 Å². The van der Waals surface area contributed by atoms with E-state index in [-0.39, 0.29) is 21.5 Å². The molecular formula is C34H30Cl2N2O2. The number of aromatic hydroxyl groups is 2. The molecule has 0 atom stereocenters. The zero-order chi connectivity index (χ0) is 27.9. The minimum atomic E-state index is -0.169. The number of hydrogen-bond acceptors (Lipinski definition) is 4. The lowest BCUT2D eigenvalue weighted by atomic mass is 10.1. The molecule has 0 saturated heterocycles. The van der Waals surface area contributed by atoms with Gasteiger partial charge in [0.15, 0.2) is 11.5 Å². The highest BCUT2D eigenvalue weighted by Gasteiger charge is 2.29. The van der Waals surface area contributed by atoms with Crippen LogP contribution in [0.5, 0.6) is 11.5 Å². The highest BCUT2D eigenvalue weighted by atomic mass is 35.5. The Morgan fingerprint density at radius 2 is 0.625 bits per heavy atom. The van der Waals surface area contributed by atoms with Crippen LogP contribution in [-0.2, 0) is 26.2 Å². The molecule has 5 rings (SSSR count). The summed E-state index contributed by atoms with van der Waals surface area (Å²) in [6, 6.07) is 39.7. The Balaban J connectivity index is 1.59. The molecule has 0 aliphatic rings. The van der Waals surface area contributed by atoms with Gasteiger partial charge < -0.3 is 20.0 Å². The van der Waals surface area contributed by atoms with Gasteiger partial charge in [0.25, 0.3) is 0 Å². The Labute approximate surface area is 245 Å². The van der Waals surface area contributed by atoms with Crippen LogP contribution in [0.15, 0.2) is 121 Å². The Hall–Kier alpha value is -4.12. The third kappa shape index (κ3) is 6.36. The molecule has 0 aromatic heterocycles. The zero-order valence-electron chi connectivity index (χ0n) is 21.9. The topological polar surface area (TPSA) is 46.9 Å². The van der Waals surface area contributed by atoms with Crippen LogP contribution in [0.25, 0.3) is 0 Å². The van der Waals surface area contributed by atoms with Gasteiger partial charge in [-0.3, -0.25) is 0 Å². The molecule has 0 unspecified atom stereocenters. The largest absolute Gasteiger partial charge is 0.504 e. The summed E-state index contributed by atoms with van der Waals surface area (Å²) in [5.74, 6) is -0.338. The van der Waals surface area contributed by atoms with Gasteiger partial charge in [-0.05, 0) is 22.3 Å². The van der Waals surface area contributed by atoms with E-state index in [0.29, 0.717) is 37.6 Å². The Kier molecular flexibility index (Phi) is 8.80. The van der Waals surface area contributed by atoms with Crippen molar-refractivity contribution in [3.05, 3.63) is 154 Å². The molecule has 0 heterocycles. The lowest BCUT2D eigenvalue weighted by molar-refractivity contribution is 0.458. The van der Waals surface area contributed by atoms with E-state index in [0.717, 1.165) is 22.3 Å². The minimum absolute atomic E-state index is 0.0508. The van der Waals surface area contributed by atoms with Crippen LogP contribution >= 0.6 is 23.2 Å². The fourth-order valence-electron chi connectivity index (χ4n) is 4.86. The van der Waals surface area contributed by atoms with Gasteiger partial charge in [0.2, 0.25) is 0 Å². The fraction of sp³-hybridized carbons (Fsp3) is 0.118. The Bertz CT molecular complexity index is 1300. The second kappa shape index (κ2) is 12.8. The van der Waals surface area contributed by atoms with E-state index in [2.05, 4.69) is 0 Å². The minimum Gasteiger partial charge on any atom is -0.504 e. The first-order valence-corrected chi connectivity index (χ1v) is 13.9. The molecule has 0 fully saturated rings. The van der Waals surface area contributed by atoms with Crippen molar-refractivity contribution in [3.8, 4) is 11.5 Å². The summed E-state index contributed by atoms with van der Waals surface area (Å²) in [4.78, 5) is 3.88. The van der Waals surface area contributed by atoms with E-state index in [9.17, 15) is 10.2 Å². The molecule has 6 heteroatoms. The normalized spacial score (nSPS) is 10.8. The van der Waals surface area contributed by atoms with E-state index >= 15 is 0 Å². The molecular weight excluding hydrogens is 539 g/mol. The predicted molar refractivity (Wildman–Crippen MR) is 165 cm³/mol. The maximum Gasteiger partial charge on any atom is 0.161 e. The molecule has 5 aromatic carbocycles. The second-order valence-electron chi connectivity index (χ2n) is 9.68. The second-order valence-corrected chi connectivity index (χ2v) is 10.4. The average Bonchev–Trinajstić information content (AvgIpc) is 2.98. The molecule has 0 bridgehead atoms. The maximum atomic E-state index is 11.6. The first kappa shape index (κ1) is 27.4. The predicted octanol–water partition coefficient (Wildman–Crippen LogP) is 8.82. The monoisotopic (exact) mass is 568 g/mol. The van der Waals surface area contributed by atoms with E-state index in [1.54, 1.807) is 0 Å². The van der Waals surface area contributed by atoms with Crippen molar-refractivity contribution in [3.63, 3.8) is 0 Å². The Morgan fingerprint density at radius 3 is 0.850 bits per heavy atom. The van der Waals surface area contributed by atoms with Crippen molar-refractivity contribution in [1.82, 2.24) is 0 Å². The van der Waals surface area contributed by atoms with E-state index in [1.807, 2.05) is 131 Å². The fourth-order valence-corrected chi connectivity index (χ4v) is 5.46. The van der Waals surface area contributed by atoms with Crippen LogP contribution in [0.4, 0.5) is 11.4 Å². The molecule has 4 nitrogen and oxygen atoms in total. The first-order valence-electron chi connectivity index (χ1n) is 13.1. The number of phenolic OH excluding ortho intramolecular Hbond substituents is 2. The van der Waals surface area contributed by atoms with Crippen molar-refractivity contribution >= 4 is 34.6 Å². The highest BCUT2D eigenvalue weighted by molar-refractivity contribution is 6.40. The van der Waals surface area contributed by atoms with Gasteiger partial charge in [-0.2, -0.15) is 0 Å². The molecule has 0 radical (unpaired) electrons. The van der Waals surface area contributed by atoms with Gasteiger partial charge >= 0.3 is 0 Å². The molecule has 0 saturated carbocycles. The maximum absolute atomic E-state index is 11.6. The number of benzene rings is 5. The molecule has 2 N–H and O–H groups in total. The van der Waals surface area contributed by atoms with Gasteiger partial charge in [0, 0.05) is 26.2 Å². The third-order valence-electron chi connectivity index (χ3n) is 6.78. The number of rotatable bonds is 10. The number of halogens is 2. The number of hydrogen-bond donors (Lipinski definition) is 2. The summed E-state index contributed by atoms with van der Waals surface area (Å²) < 4.78 is 0. The van der Waals surface area contributed by atoms with Crippen molar-refractivity contribution in [2.75, 3.05) is 9.80 Å². The van der Waals surface area contributed by atoms with Crippen molar-refractivity contribution in [2.45, 2.75) is 26.2 Å². The van der Waals surface area contributed by atoms with E-state index < -0.39 is 0 Å².